The molecule has 2 fully saturated rings. The van der Waals surface area contributed by atoms with E-state index < -0.39 is 0 Å². The van der Waals surface area contributed by atoms with Crippen LogP contribution in [0.4, 0.5) is 5.13 Å². The van der Waals surface area contributed by atoms with Crippen LogP contribution in [-0.4, -0.2) is 43.9 Å². The van der Waals surface area contributed by atoms with Crippen molar-refractivity contribution in [2.45, 2.75) is 70.8 Å². The molecule has 4 rings (SSSR count). The number of unbranched alkanes of at least 4 members (excludes halogenated alkanes) is 2. The van der Waals surface area contributed by atoms with Gasteiger partial charge in [0, 0.05) is 13.0 Å². The molecule has 0 spiro atoms. The van der Waals surface area contributed by atoms with Gasteiger partial charge < -0.3 is 10.1 Å². The van der Waals surface area contributed by atoms with Crippen LogP contribution in [0.5, 0.6) is 5.75 Å². The number of benzene rings is 1. The first kappa shape index (κ1) is 25.8. The van der Waals surface area contributed by atoms with Gasteiger partial charge in [0.05, 0.1) is 11.0 Å². The maximum Gasteiger partial charge on any atom is 0.266 e. The minimum Gasteiger partial charge on any atom is -0.490 e. The van der Waals surface area contributed by atoms with Crippen molar-refractivity contribution in [2.24, 2.45) is 0 Å². The van der Waals surface area contributed by atoms with Gasteiger partial charge >= 0.3 is 0 Å². The lowest BCUT2D eigenvalue weighted by atomic mass is 9.98. The number of ether oxygens (including phenoxy) is 1. The van der Waals surface area contributed by atoms with Gasteiger partial charge in [-0.3, -0.25) is 14.5 Å². The van der Waals surface area contributed by atoms with Gasteiger partial charge in [0.25, 0.3) is 5.91 Å². The van der Waals surface area contributed by atoms with Crippen LogP contribution in [0.2, 0.25) is 0 Å². The number of hydrogen-bond acceptors (Lipinski definition) is 8. The Kier molecular flexibility index (Phi) is 9.28. The van der Waals surface area contributed by atoms with E-state index in [2.05, 4.69) is 15.5 Å². The molecule has 35 heavy (non-hydrogen) atoms. The number of carbonyl (C=O) groups is 2. The quantitative estimate of drug-likeness (QED) is 0.231. The third-order valence-electron chi connectivity index (χ3n) is 5.96. The average molecular weight is 531 g/mol. The zero-order valence-corrected chi connectivity index (χ0v) is 22.3. The molecule has 0 unspecified atom stereocenters. The molecule has 0 atom stereocenters. The number of hydrogen-bond donors (Lipinski definition) is 1. The van der Waals surface area contributed by atoms with E-state index in [0.717, 1.165) is 48.4 Å². The lowest BCUT2D eigenvalue weighted by Crippen LogP contribution is -2.29. The maximum absolute atomic E-state index is 12.9. The summed E-state index contributed by atoms with van der Waals surface area (Å²) in [5.74, 6) is 0.769. The Morgan fingerprint density at radius 1 is 1.17 bits per heavy atom. The van der Waals surface area contributed by atoms with E-state index in [9.17, 15) is 9.59 Å². The van der Waals surface area contributed by atoms with Crippen LogP contribution < -0.4 is 10.1 Å². The Labute approximate surface area is 219 Å². The molecule has 1 saturated heterocycles. The SMILES string of the molecule is Cc1nnc(NC(=O)CCCCCN2C(=O)/C(=C/c3ccc(OC4CCCCC4)cc3)SC2=S)s1. The molecule has 1 aliphatic carbocycles. The zero-order valence-electron chi connectivity index (χ0n) is 19.8. The van der Waals surface area contributed by atoms with Gasteiger partial charge in [-0.05, 0) is 69.2 Å². The molecular formula is C25H30N4O3S3. The minimum absolute atomic E-state index is 0.0492. The van der Waals surface area contributed by atoms with Crippen LogP contribution in [0.3, 0.4) is 0 Å². The summed E-state index contributed by atoms with van der Waals surface area (Å²) in [6.07, 6.45) is 11.0. The summed E-state index contributed by atoms with van der Waals surface area (Å²) in [6.45, 7) is 2.41. The highest BCUT2D eigenvalue weighted by molar-refractivity contribution is 8.26. The van der Waals surface area contributed by atoms with Crippen molar-refractivity contribution in [1.82, 2.24) is 15.1 Å². The number of aryl methyl sites for hydroxylation is 1. The van der Waals surface area contributed by atoms with Crippen LogP contribution in [-0.2, 0) is 9.59 Å². The molecule has 2 heterocycles. The molecule has 1 saturated carbocycles. The molecule has 1 aromatic carbocycles. The molecule has 1 aromatic heterocycles. The topological polar surface area (TPSA) is 84.4 Å². The summed E-state index contributed by atoms with van der Waals surface area (Å²) >= 11 is 8.15. The van der Waals surface area contributed by atoms with E-state index in [0.29, 0.717) is 33.4 Å². The van der Waals surface area contributed by atoms with Gasteiger partial charge in [-0.2, -0.15) is 0 Å². The Bertz CT molecular complexity index is 1080. The second-order valence-electron chi connectivity index (χ2n) is 8.77. The monoisotopic (exact) mass is 530 g/mol. The zero-order chi connectivity index (χ0) is 24.6. The fourth-order valence-corrected chi connectivity index (χ4v) is 6.04. The molecule has 2 aromatic rings. The number of thiocarbonyl (C=S) groups is 1. The van der Waals surface area contributed by atoms with Crippen LogP contribution in [0, 0.1) is 6.92 Å². The number of nitrogens with one attached hydrogen (secondary N) is 1. The molecule has 7 nitrogen and oxygen atoms in total. The summed E-state index contributed by atoms with van der Waals surface area (Å²) in [4.78, 5) is 27.2. The minimum atomic E-state index is -0.0649. The van der Waals surface area contributed by atoms with Crippen LogP contribution in [0.1, 0.15) is 68.4 Å². The smallest absolute Gasteiger partial charge is 0.266 e. The maximum atomic E-state index is 12.9. The Balaban J connectivity index is 1.20. The largest absolute Gasteiger partial charge is 0.490 e. The summed E-state index contributed by atoms with van der Waals surface area (Å²) in [7, 11) is 0. The Morgan fingerprint density at radius 2 is 1.94 bits per heavy atom. The fraction of sp³-hybridized carbons (Fsp3) is 0.480. The first-order valence-electron chi connectivity index (χ1n) is 12.1. The average Bonchev–Trinajstić information content (AvgIpc) is 3.37. The normalized spacial score (nSPS) is 17.9. The van der Waals surface area contributed by atoms with Crippen molar-refractivity contribution in [2.75, 3.05) is 11.9 Å². The number of rotatable bonds is 10. The second kappa shape index (κ2) is 12.6. The van der Waals surface area contributed by atoms with Crippen LogP contribution in [0.15, 0.2) is 29.2 Å². The van der Waals surface area contributed by atoms with Crippen LogP contribution in [0.25, 0.3) is 6.08 Å². The van der Waals surface area contributed by atoms with Gasteiger partial charge in [-0.15, -0.1) is 10.2 Å². The third-order valence-corrected chi connectivity index (χ3v) is 8.10. The van der Waals surface area contributed by atoms with Gasteiger partial charge in [0.15, 0.2) is 0 Å². The van der Waals surface area contributed by atoms with Crippen molar-refractivity contribution in [1.29, 1.82) is 0 Å². The number of amides is 2. The van der Waals surface area contributed by atoms with Crippen molar-refractivity contribution in [3.63, 3.8) is 0 Å². The Hall–Kier alpha value is -2.30. The van der Waals surface area contributed by atoms with E-state index >= 15 is 0 Å². The predicted octanol–water partition coefficient (Wildman–Crippen LogP) is 5.96. The van der Waals surface area contributed by atoms with Crippen molar-refractivity contribution in [3.05, 3.63) is 39.7 Å². The molecule has 10 heteroatoms. The first-order valence-corrected chi connectivity index (χ1v) is 14.1. The number of carbonyl (C=O) groups excluding carboxylic acids is 2. The van der Waals surface area contributed by atoms with E-state index in [-0.39, 0.29) is 11.8 Å². The van der Waals surface area contributed by atoms with E-state index in [1.807, 2.05) is 37.3 Å². The van der Waals surface area contributed by atoms with Gasteiger partial charge in [-0.25, -0.2) is 0 Å². The standard InChI is InChI=1S/C25H30N4O3S3/c1-17-27-28-24(34-17)26-22(30)10-6-3-7-15-29-23(31)21(35-25(29)33)16-18-11-13-20(14-12-18)32-19-8-4-2-5-9-19/h11-14,16,19H,2-10,15H2,1H3,(H,26,28,30)/b21-16-. The van der Waals surface area contributed by atoms with Crippen LogP contribution >= 0.6 is 35.3 Å². The van der Waals surface area contributed by atoms with E-state index in [1.165, 1.54) is 42.4 Å². The molecular weight excluding hydrogens is 501 g/mol. The molecule has 2 amide bonds. The molecule has 0 bridgehead atoms. The summed E-state index contributed by atoms with van der Waals surface area (Å²) in [5.41, 5.74) is 0.957. The summed E-state index contributed by atoms with van der Waals surface area (Å²) < 4.78 is 6.68. The van der Waals surface area contributed by atoms with Crippen molar-refractivity contribution >= 4 is 62.7 Å². The summed E-state index contributed by atoms with van der Waals surface area (Å²) in [6, 6.07) is 7.92. The number of aromatic nitrogens is 2. The first-order chi connectivity index (χ1) is 17.0. The summed E-state index contributed by atoms with van der Waals surface area (Å²) in [5, 5.41) is 11.9. The lowest BCUT2D eigenvalue weighted by molar-refractivity contribution is -0.122. The highest BCUT2D eigenvalue weighted by atomic mass is 32.2. The van der Waals surface area contributed by atoms with E-state index in [1.54, 1.807) is 4.90 Å². The van der Waals surface area contributed by atoms with Crippen molar-refractivity contribution < 1.29 is 14.3 Å². The lowest BCUT2D eigenvalue weighted by Gasteiger charge is -2.22. The number of anilines is 1. The number of nitrogens with zero attached hydrogens (tertiary/aromatic N) is 3. The third kappa shape index (κ3) is 7.59. The van der Waals surface area contributed by atoms with Crippen molar-refractivity contribution in [3.8, 4) is 5.75 Å². The second-order valence-corrected chi connectivity index (χ2v) is 11.6. The van der Waals surface area contributed by atoms with Gasteiger partial charge in [-0.1, -0.05) is 60.3 Å². The van der Waals surface area contributed by atoms with E-state index in [4.69, 9.17) is 17.0 Å². The molecule has 1 aliphatic heterocycles. The predicted molar refractivity (Wildman–Crippen MR) is 146 cm³/mol. The Morgan fingerprint density at radius 3 is 2.66 bits per heavy atom. The molecule has 186 valence electrons. The molecule has 0 radical (unpaired) electrons. The highest BCUT2D eigenvalue weighted by Gasteiger charge is 2.31. The van der Waals surface area contributed by atoms with Gasteiger partial charge in [0.2, 0.25) is 11.0 Å². The fourth-order valence-electron chi connectivity index (χ4n) is 4.12. The highest BCUT2D eigenvalue weighted by Crippen LogP contribution is 2.33. The number of thioether (sulfide) groups is 1. The van der Waals surface area contributed by atoms with Gasteiger partial charge in [0.1, 0.15) is 15.1 Å². The molecule has 1 N–H and O–H groups in total. The molecule has 2 aliphatic rings.